The van der Waals surface area contributed by atoms with Crippen molar-refractivity contribution in [2.75, 3.05) is 7.11 Å². The molecule has 1 N–H and O–H groups in total. The lowest BCUT2D eigenvalue weighted by molar-refractivity contribution is 0.0955. The fraction of sp³-hybridized carbons (Fsp3) is 0.0476. The zero-order chi connectivity index (χ0) is 21.6. The molecular weight excluding hydrogens is 428 g/mol. The third kappa shape index (κ3) is 5.16. The van der Waals surface area contributed by atoms with Crippen molar-refractivity contribution in [1.82, 2.24) is 5.43 Å². The Morgan fingerprint density at radius 1 is 1.03 bits per heavy atom. The number of hydrazone groups is 1. The summed E-state index contributed by atoms with van der Waals surface area (Å²) in [5.74, 6) is -0.333. The van der Waals surface area contributed by atoms with E-state index in [4.69, 9.17) is 20.5 Å². The van der Waals surface area contributed by atoms with E-state index in [9.17, 15) is 13.2 Å². The average Bonchev–Trinajstić information content (AvgIpc) is 2.75. The Morgan fingerprint density at radius 2 is 1.77 bits per heavy atom. The van der Waals surface area contributed by atoms with Gasteiger partial charge in [0.1, 0.15) is 4.90 Å². The fourth-order valence-electron chi connectivity index (χ4n) is 2.48. The molecule has 0 bridgehead atoms. The molecule has 0 saturated heterocycles. The minimum absolute atomic E-state index is 0.00643. The molecule has 0 fully saturated rings. The molecule has 0 aromatic heterocycles. The second kappa shape index (κ2) is 9.43. The molecule has 3 aromatic rings. The van der Waals surface area contributed by atoms with Gasteiger partial charge < -0.3 is 8.92 Å². The van der Waals surface area contributed by atoms with Gasteiger partial charge in [-0.25, -0.2) is 5.43 Å². The van der Waals surface area contributed by atoms with Crippen molar-refractivity contribution in [2.45, 2.75) is 4.90 Å². The molecular formula is C21H17ClN2O5S. The SMILES string of the molecule is COc1cccc(/C=N\NC(=O)c2cccc(Cl)c2)c1OS(=O)(=O)c1ccccc1. The molecule has 3 aromatic carbocycles. The van der Waals surface area contributed by atoms with Gasteiger partial charge in [-0.15, -0.1) is 0 Å². The lowest BCUT2D eigenvalue weighted by Crippen LogP contribution is -2.17. The number of nitrogens with one attached hydrogen (secondary N) is 1. The first kappa shape index (κ1) is 21.4. The molecule has 0 radical (unpaired) electrons. The van der Waals surface area contributed by atoms with Crippen LogP contribution in [0.3, 0.4) is 0 Å². The van der Waals surface area contributed by atoms with Gasteiger partial charge in [0.15, 0.2) is 11.5 Å². The molecule has 0 spiro atoms. The smallest absolute Gasteiger partial charge is 0.339 e. The molecule has 0 heterocycles. The quantitative estimate of drug-likeness (QED) is 0.339. The summed E-state index contributed by atoms with van der Waals surface area (Å²) in [6.07, 6.45) is 1.26. The lowest BCUT2D eigenvalue weighted by Gasteiger charge is -2.13. The minimum Gasteiger partial charge on any atom is -0.493 e. The Kier molecular flexibility index (Phi) is 6.71. The average molecular weight is 445 g/mol. The van der Waals surface area contributed by atoms with Gasteiger partial charge in [-0.3, -0.25) is 4.79 Å². The summed E-state index contributed by atoms with van der Waals surface area (Å²) in [5, 5.41) is 4.31. The van der Waals surface area contributed by atoms with Crippen LogP contribution in [0.2, 0.25) is 5.02 Å². The number of carbonyl (C=O) groups is 1. The predicted octanol–water partition coefficient (Wildman–Crippen LogP) is 3.88. The molecule has 0 saturated carbocycles. The van der Waals surface area contributed by atoms with E-state index in [1.54, 1.807) is 54.6 Å². The van der Waals surface area contributed by atoms with Gasteiger partial charge in [0, 0.05) is 16.1 Å². The number of hydrogen-bond donors (Lipinski definition) is 1. The predicted molar refractivity (Wildman–Crippen MR) is 114 cm³/mol. The standard InChI is InChI=1S/C21H17ClN2O5S/c1-28-19-12-6-8-16(14-23-24-21(25)15-7-5-9-17(22)13-15)20(19)29-30(26,27)18-10-3-2-4-11-18/h2-14H,1H3,(H,24,25)/b23-14-. The summed E-state index contributed by atoms with van der Waals surface area (Å²) in [5.41, 5.74) is 2.98. The summed E-state index contributed by atoms with van der Waals surface area (Å²) in [4.78, 5) is 12.2. The van der Waals surface area contributed by atoms with Gasteiger partial charge in [-0.1, -0.05) is 41.9 Å². The first-order valence-corrected chi connectivity index (χ1v) is 10.4. The molecule has 1 amide bonds. The van der Waals surface area contributed by atoms with Crippen LogP contribution in [0.5, 0.6) is 11.5 Å². The first-order valence-electron chi connectivity index (χ1n) is 8.66. The van der Waals surface area contributed by atoms with Crippen molar-refractivity contribution < 1.29 is 22.1 Å². The monoisotopic (exact) mass is 444 g/mol. The normalized spacial score (nSPS) is 11.3. The van der Waals surface area contributed by atoms with Crippen LogP contribution < -0.4 is 14.3 Å². The second-order valence-electron chi connectivity index (χ2n) is 5.94. The van der Waals surface area contributed by atoms with Crippen molar-refractivity contribution in [3.05, 3.63) is 88.9 Å². The molecule has 7 nitrogen and oxygen atoms in total. The summed E-state index contributed by atoms with van der Waals surface area (Å²) in [6, 6.07) is 18.9. The maximum absolute atomic E-state index is 12.6. The van der Waals surface area contributed by atoms with Crippen LogP contribution in [0.15, 0.2) is 82.8 Å². The van der Waals surface area contributed by atoms with Crippen LogP contribution in [0.4, 0.5) is 0 Å². The van der Waals surface area contributed by atoms with Crippen LogP contribution >= 0.6 is 11.6 Å². The Labute approximate surface area is 179 Å². The highest BCUT2D eigenvalue weighted by molar-refractivity contribution is 7.87. The molecule has 0 aliphatic rings. The number of benzene rings is 3. The number of methoxy groups -OCH3 is 1. The topological polar surface area (TPSA) is 94.1 Å². The molecule has 9 heteroatoms. The number of hydrogen-bond acceptors (Lipinski definition) is 6. The molecule has 0 unspecified atom stereocenters. The van der Waals surface area contributed by atoms with Crippen molar-refractivity contribution >= 4 is 33.8 Å². The Bertz CT molecular complexity index is 1180. The van der Waals surface area contributed by atoms with Gasteiger partial charge in [-0.2, -0.15) is 13.5 Å². The first-order chi connectivity index (χ1) is 14.4. The van der Waals surface area contributed by atoms with E-state index in [1.807, 2.05) is 0 Å². The third-order valence-corrected chi connectivity index (χ3v) is 5.38. The van der Waals surface area contributed by atoms with Gasteiger partial charge in [0.05, 0.1) is 13.3 Å². The molecule has 154 valence electrons. The van der Waals surface area contributed by atoms with Crippen LogP contribution in [-0.4, -0.2) is 27.6 Å². The Morgan fingerprint density at radius 3 is 2.47 bits per heavy atom. The summed E-state index contributed by atoms with van der Waals surface area (Å²) in [7, 11) is -2.71. The largest absolute Gasteiger partial charge is 0.493 e. The number of amides is 1. The highest BCUT2D eigenvalue weighted by Gasteiger charge is 2.21. The van der Waals surface area contributed by atoms with Crippen molar-refractivity contribution in [3.8, 4) is 11.5 Å². The summed E-state index contributed by atoms with van der Waals surface area (Å²) in [6.45, 7) is 0. The Hall–Kier alpha value is -3.36. The van der Waals surface area contributed by atoms with Crippen molar-refractivity contribution in [3.63, 3.8) is 0 Å². The zero-order valence-corrected chi connectivity index (χ0v) is 17.4. The number of rotatable bonds is 7. The molecule has 30 heavy (non-hydrogen) atoms. The van der Waals surface area contributed by atoms with Crippen molar-refractivity contribution in [1.29, 1.82) is 0 Å². The van der Waals surface area contributed by atoms with E-state index in [-0.39, 0.29) is 16.4 Å². The van der Waals surface area contributed by atoms with Crippen LogP contribution in [0, 0.1) is 0 Å². The van der Waals surface area contributed by atoms with Gasteiger partial charge in [-0.05, 0) is 42.5 Å². The maximum atomic E-state index is 12.6. The molecule has 3 rings (SSSR count). The highest BCUT2D eigenvalue weighted by Crippen LogP contribution is 2.32. The van der Waals surface area contributed by atoms with Crippen molar-refractivity contribution in [2.24, 2.45) is 5.10 Å². The van der Waals surface area contributed by atoms with Crippen LogP contribution in [-0.2, 0) is 10.1 Å². The maximum Gasteiger partial charge on any atom is 0.339 e. The number of ether oxygens (including phenoxy) is 1. The minimum atomic E-state index is -4.10. The van der Waals surface area contributed by atoms with Gasteiger partial charge in [0.2, 0.25) is 0 Å². The second-order valence-corrected chi connectivity index (χ2v) is 7.92. The molecule has 0 atom stereocenters. The number of para-hydroxylation sites is 1. The fourth-order valence-corrected chi connectivity index (χ4v) is 3.66. The van der Waals surface area contributed by atoms with E-state index < -0.39 is 16.0 Å². The number of carbonyl (C=O) groups excluding carboxylic acids is 1. The molecule has 0 aliphatic heterocycles. The Balaban J connectivity index is 1.85. The van der Waals surface area contributed by atoms with Gasteiger partial charge in [0.25, 0.3) is 5.91 Å². The summed E-state index contributed by atoms with van der Waals surface area (Å²) < 4.78 is 35.8. The van der Waals surface area contributed by atoms with E-state index in [0.29, 0.717) is 16.1 Å². The zero-order valence-electron chi connectivity index (χ0n) is 15.8. The number of halogens is 1. The summed E-state index contributed by atoms with van der Waals surface area (Å²) >= 11 is 5.88. The highest BCUT2D eigenvalue weighted by atomic mass is 35.5. The molecule has 0 aliphatic carbocycles. The van der Waals surface area contributed by atoms with E-state index in [2.05, 4.69) is 10.5 Å². The lowest BCUT2D eigenvalue weighted by atomic mass is 10.2. The van der Waals surface area contributed by atoms with Crippen LogP contribution in [0.1, 0.15) is 15.9 Å². The van der Waals surface area contributed by atoms with E-state index in [0.717, 1.165) is 0 Å². The van der Waals surface area contributed by atoms with Crippen LogP contribution in [0.25, 0.3) is 0 Å². The third-order valence-electron chi connectivity index (χ3n) is 3.91. The number of nitrogens with zero attached hydrogens (tertiary/aromatic N) is 1. The van der Waals surface area contributed by atoms with Gasteiger partial charge >= 0.3 is 10.1 Å². The van der Waals surface area contributed by atoms with E-state index >= 15 is 0 Å². The van der Waals surface area contributed by atoms with E-state index in [1.165, 1.54) is 31.5 Å².